The van der Waals surface area contributed by atoms with Gasteiger partial charge in [0.25, 0.3) is 0 Å². The molecule has 0 rings (SSSR count). The van der Waals surface area contributed by atoms with Crippen molar-refractivity contribution in [3.05, 3.63) is 0 Å². The summed E-state index contributed by atoms with van der Waals surface area (Å²) < 4.78 is 0. The van der Waals surface area contributed by atoms with Gasteiger partial charge in [-0.1, -0.05) is 27.2 Å². The molecule has 2 nitrogen and oxygen atoms in total. The second kappa shape index (κ2) is 7.19. The van der Waals surface area contributed by atoms with E-state index in [4.69, 9.17) is 11.6 Å². The highest BCUT2D eigenvalue weighted by atomic mass is 35.5. The van der Waals surface area contributed by atoms with Gasteiger partial charge in [0.05, 0.1) is 5.38 Å². The van der Waals surface area contributed by atoms with Gasteiger partial charge in [-0.25, -0.2) is 0 Å². The average Bonchev–Trinajstić information content (AvgIpc) is 2.13. The molecule has 0 aliphatic heterocycles. The molecule has 2 unspecified atom stereocenters. The fourth-order valence-corrected chi connectivity index (χ4v) is 1.17. The van der Waals surface area contributed by atoms with E-state index in [0.717, 1.165) is 19.3 Å². The molecule has 0 heterocycles. The van der Waals surface area contributed by atoms with Crippen LogP contribution in [0.25, 0.3) is 0 Å². The van der Waals surface area contributed by atoms with Crippen LogP contribution in [0.4, 0.5) is 0 Å². The maximum atomic E-state index is 11.4. The van der Waals surface area contributed by atoms with E-state index < -0.39 is 0 Å². The van der Waals surface area contributed by atoms with Crippen molar-refractivity contribution in [2.45, 2.75) is 45.4 Å². The van der Waals surface area contributed by atoms with Crippen molar-refractivity contribution in [3.63, 3.8) is 0 Å². The van der Waals surface area contributed by atoms with Gasteiger partial charge in [-0.3, -0.25) is 4.79 Å². The summed E-state index contributed by atoms with van der Waals surface area (Å²) in [5.74, 6) is 0.242. The number of nitrogens with one attached hydrogen (secondary N) is 1. The molecule has 3 heteroatoms. The summed E-state index contributed by atoms with van der Waals surface area (Å²) in [6.45, 7) is 6.64. The van der Waals surface area contributed by atoms with Gasteiger partial charge in [-0.2, -0.15) is 0 Å². The molecular formula is C10H20ClNO. The summed E-state index contributed by atoms with van der Waals surface area (Å²) in [7, 11) is 0. The molecule has 0 saturated carbocycles. The second-order valence-electron chi connectivity index (χ2n) is 3.44. The Morgan fingerprint density at radius 3 is 2.54 bits per heavy atom. The van der Waals surface area contributed by atoms with Crippen LogP contribution in [-0.4, -0.2) is 17.8 Å². The third-order valence-electron chi connectivity index (χ3n) is 2.11. The number of hydrogen-bond acceptors (Lipinski definition) is 1. The van der Waals surface area contributed by atoms with E-state index >= 15 is 0 Å². The van der Waals surface area contributed by atoms with E-state index in [1.807, 2.05) is 13.8 Å². The van der Waals surface area contributed by atoms with Crippen molar-refractivity contribution in [1.29, 1.82) is 0 Å². The zero-order valence-corrected chi connectivity index (χ0v) is 9.53. The molecule has 2 atom stereocenters. The van der Waals surface area contributed by atoms with E-state index in [0.29, 0.717) is 6.54 Å². The Kier molecular flexibility index (Phi) is 7.06. The number of carbonyl (C=O) groups excluding carboxylic acids is 1. The number of hydrogen-bond donors (Lipinski definition) is 1. The van der Waals surface area contributed by atoms with Crippen LogP contribution < -0.4 is 5.32 Å². The third-order valence-corrected chi connectivity index (χ3v) is 2.57. The number of carbonyl (C=O) groups is 1. The van der Waals surface area contributed by atoms with Gasteiger partial charge in [0, 0.05) is 12.5 Å². The van der Waals surface area contributed by atoms with Gasteiger partial charge < -0.3 is 5.32 Å². The molecule has 0 spiro atoms. The molecule has 0 saturated heterocycles. The SMILES string of the molecule is CCCC(C)C(=O)NCC(Cl)CC. The number of rotatable bonds is 6. The van der Waals surface area contributed by atoms with E-state index in [1.165, 1.54) is 0 Å². The van der Waals surface area contributed by atoms with Gasteiger partial charge in [-0.15, -0.1) is 11.6 Å². The van der Waals surface area contributed by atoms with Crippen molar-refractivity contribution in [2.75, 3.05) is 6.54 Å². The Bertz CT molecular complexity index is 150. The Balaban J connectivity index is 3.61. The largest absolute Gasteiger partial charge is 0.354 e. The number of alkyl halides is 1. The summed E-state index contributed by atoms with van der Waals surface area (Å²) in [6, 6.07) is 0. The summed E-state index contributed by atoms with van der Waals surface area (Å²) in [5, 5.41) is 2.91. The van der Waals surface area contributed by atoms with Crippen LogP contribution in [0.15, 0.2) is 0 Å². The standard InChI is InChI=1S/C10H20ClNO/c1-4-6-8(3)10(13)12-7-9(11)5-2/h8-9H,4-7H2,1-3H3,(H,12,13). The van der Waals surface area contributed by atoms with Crippen molar-refractivity contribution < 1.29 is 4.79 Å². The maximum Gasteiger partial charge on any atom is 0.222 e. The Labute approximate surface area is 86.0 Å². The molecule has 0 aromatic heterocycles. The number of amides is 1. The molecule has 0 aliphatic carbocycles. The second-order valence-corrected chi connectivity index (χ2v) is 4.06. The maximum absolute atomic E-state index is 11.4. The minimum absolute atomic E-state index is 0.0674. The smallest absolute Gasteiger partial charge is 0.222 e. The minimum atomic E-state index is 0.0674. The quantitative estimate of drug-likeness (QED) is 0.664. The van der Waals surface area contributed by atoms with E-state index in [9.17, 15) is 4.79 Å². The van der Waals surface area contributed by atoms with Crippen molar-refractivity contribution in [3.8, 4) is 0 Å². The average molecular weight is 206 g/mol. The third kappa shape index (κ3) is 5.92. The minimum Gasteiger partial charge on any atom is -0.354 e. The van der Waals surface area contributed by atoms with Crippen LogP contribution in [0.1, 0.15) is 40.0 Å². The van der Waals surface area contributed by atoms with E-state index in [1.54, 1.807) is 0 Å². The molecule has 0 radical (unpaired) electrons. The van der Waals surface area contributed by atoms with Gasteiger partial charge in [0.2, 0.25) is 5.91 Å². The first-order chi connectivity index (χ1) is 6.11. The lowest BCUT2D eigenvalue weighted by Crippen LogP contribution is -2.33. The van der Waals surface area contributed by atoms with Gasteiger partial charge >= 0.3 is 0 Å². The molecule has 78 valence electrons. The van der Waals surface area contributed by atoms with Crippen LogP contribution in [-0.2, 0) is 4.79 Å². The fourth-order valence-electron chi connectivity index (χ4n) is 1.09. The highest BCUT2D eigenvalue weighted by molar-refractivity contribution is 6.20. The first kappa shape index (κ1) is 12.8. The first-order valence-corrected chi connectivity index (χ1v) is 5.47. The fraction of sp³-hybridized carbons (Fsp3) is 0.900. The van der Waals surface area contributed by atoms with Crippen molar-refractivity contribution in [2.24, 2.45) is 5.92 Å². The summed E-state index contributed by atoms with van der Waals surface area (Å²) in [5.41, 5.74) is 0. The summed E-state index contributed by atoms with van der Waals surface area (Å²) >= 11 is 5.88. The monoisotopic (exact) mass is 205 g/mol. The Hall–Kier alpha value is -0.240. The van der Waals surface area contributed by atoms with Crippen LogP contribution in [0.3, 0.4) is 0 Å². The molecule has 0 aromatic rings. The van der Waals surface area contributed by atoms with Crippen molar-refractivity contribution in [1.82, 2.24) is 5.32 Å². The predicted octanol–water partition coefficient (Wildman–Crippen LogP) is 2.56. The molecule has 0 aliphatic rings. The van der Waals surface area contributed by atoms with Crippen LogP contribution >= 0.6 is 11.6 Å². The van der Waals surface area contributed by atoms with E-state index in [-0.39, 0.29) is 17.2 Å². The van der Waals surface area contributed by atoms with Crippen LogP contribution in [0.2, 0.25) is 0 Å². The normalized spacial score (nSPS) is 15.1. The van der Waals surface area contributed by atoms with E-state index in [2.05, 4.69) is 12.2 Å². The van der Waals surface area contributed by atoms with Crippen LogP contribution in [0, 0.1) is 5.92 Å². The molecule has 0 bridgehead atoms. The highest BCUT2D eigenvalue weighted by Gasteiger charge is 2.12. The predicted molar refractivity (Wildman–Crippen MR) is 57.0 cm³/mol. The van der Waals surface area contributed by atoms with Gasteiger partial charge in [0.15, 0.2) is 0 Å². The molecule has 0 aromatic carbocycles. The Morgan fingerprint density at radius 1 is 1.46 bits per heavy atom. The van der Waals surface area contributed by atoms with Gasteiger partial charge in [0.1, 0.15) is 0 Å². The summed E-state index contributed by atoms with van der Waals surface area (Å²) in [4.78, 5) is 11.4. The molecular weight excluding hydrogens is 186 g/mol. The lowest BCUT2D eigenvalue weighted by atomic mass is 10.1. The molecule has 13 heavy (non-hydrogen) atoms. The topological polar surface area (TPSA) is 29.1 Å². The highest BCUT2D eigenvalue weighted by Crippen LogP contribution is 2.05. The lowest BCUT2D eigenvalue weighted by molar-refractivity contribution is -0.124. The summed E-state index contributed by atoms with van der Waals surface area (Å²) in [6.07, 6.45) is 2.89. The molecule has 1 amide bonds. The molecule has 0 fully saturated rings. The zero-order chi connectivity index (χ0) is 10.3. The number of halogens is 1. The van der Waals surface area contributed by atoms with Crippen molar-refractivity contribution >= 4 is 17.5 Å². The molecule has 1 N–H and O–H groups in total. The lowest BCUT2D eigenvalue weighted by Gasteiger charge is -2.12. The van der Waals surface area contributed by atoms with Crippen LogP contribution in [0.5, 0.6) is 0 Å². The Morgan fingerprint density at radius 2 is 2.08 bits per heavy atom. The first-order valence-electron chi connectivity index (χ1n) is 5.03. The zero-order valence-electron chi connectivity index (χ0n) is 8.77. The van der Waals surface area contributed by atoms with Gasteiger partial charge in [-0.05, 0) is 12.8 Å².